The summed E-state index contributed by atoms with van der Waals surface area (Å²) in [5, 5.41) is 10.4. The van der Waals surface area contributed by atoms with Gasteiger partial charge in [0.1, 0.15) is 11.2 Å². The molecule has 0 aliphatic carbocycles. The fraction of sp³-hybridized carbons (Fsp3) is 0.200. The molecular formula is C15H14ClN5O. The van der Waals surface area contributed by atoms with E-state index < -0.39 is 5.38 Å². The van der Waals surface area contributed by atoms with Gasteiger partial charge in [0.2, 0.25) is 5.91 Å². The first-order valence-electron chi connectivity index (χ1n) is 6.82. The molecular weight excluding hydrogens is 302 g/mol. The van der Waals surface area contributed by atoms with Crippen LogP contribution < -0.4 is 5.32 Å². The topological polar surface area (TPSA) is 72.2 Å². The number of hydrogen-bond donors (Lipinski definition) is 1. The third-order valence-corrected chi connectivity index (χ3v) is 3.40. The number of amides is 1. The molecule has 1 atom stereocenters. The van der Waals surface area contributed by atoms with Gasteiger partial charge in [-0.3, -0.25) is 9.20 Å². The van der Waals surface area contributed by atoms with E-state index in [0.717, 1.165) is 11.4 Å². The molecule has 1 unspecified atom stereocenters. The maximum Gasteiger partial charge on any atom is 0.254 e. The van der Waals surface area contributed by atoms with E-state index in [-0.39, 0.29) is 5.91 Å². The maximum absolute atomic E-state index is 11.5. The van der Waals surface area contributed by atoms with Crippen LogP contribution in [0.25, 0.3) is 5.78 Å². The molecule has 22 heavy (non-hydrogen) atoms. The highest BCUT2D eigenvalue weighted by molar-refractivity contribution is 6.32. The number of carbonyl (C=O) groups excluding carboxylic acids is 1. The summed E-state index contributed by atoms with van der Waals surface area (Å²) in [4.78, 5) is 15.7. The molecule has 0 aliphatic rings. The Kier molecular flexibility index (Phi) is 4.02. The summed E-state index contributed by atoms with van der Waals surface area (Å²) in [5.41, 5.74) is 1.78. The van der Waals surface area contributed by atoms with Gasteiger partial charge in [0, 0.05) is 24.5 Å². The molecule has 3 aromatic rings. The highest BCUT2D eigenvalue weighted by Gasteiger charge is 2.10. The number of halogens is 1. The Labute approximate surface area is 132 Å². The van der Waals surface area contributed by atoms with Gasteiger partial charge in [0.25, 0.3) is 5.78 Å². The SMILES string of the molecule is CC(Cl)C(=O)Nc1ccc(Cc2nnc3ncccn23)cc1. The zero-order chi connectivity index (χ0) is 15.5. The number of benzene rings is 1. The van der Waals surface area contributed by atoms with Crippen LogP contribution in [0.3, 0.4) is 0 Å². The number of alkyl halides is 1. The fourth-order valence-electron chi connectivity index (χ4n) is 2.04. The van der Waals surface area contributed by atoms with Crippen LogP contribution in [0.2, 0.25) is 0 Å². The quantitative estimate of drug-likeness (QED) is 0.750. The van der Waals surface area contributed by atoms with E-state index >= 15 is 0 Å². The molecule has 0 saturated heterocycles. The number of hydrogen-bond acceptors (Lipinski definition) is 4. The normalized spacial score (nSPS) is 12.3. The van der Waals surface area contributed by atoms with E-state index in [1.54, 1.807) is 13.1 Å². The molecule has 1 amide bonds. The van der Waals surface area contributed by atoms with Crippen LogP contribution in [0.1, 0.15) is 18.3 Å². The first kappa shape index (κ1) is 14.5. The summed E-state index contributed by atoms with van der Waals surface area (Å²) < 4.78 is 1.85. The highest BCUT2D eigenvalue weighted by atomic mass is 35.5. The van der Waals surface area contributed by atoms with Gasteiger partial charge in [0.05, 0.1) is 0 Å². The van der Waals surface area contributed by atoms with Crippen molar-refractivity contribution >= 4 is 29.0 Å². The molecule has 112 valence electrons. The molecule has 2 heterocycles. The number of rotatable bonds is 4. The van der Waals surface area contributed by atoms with Crippen molar-refractivity contribution in [3.05, 3.63) is 54.1 Å². The molecule has 1 aromatic carbocycles. The number of aromatic nitrogens is 4. The standard InChI is InChI=1S/C15H14ClN5O/c1-10(16)14(22)18-12-5-3-11(4-6-12)9-13-19-20-15-17-7-2-8-21(13)15/h2-8,10H,9H2,1H3,(H,18,22). The summed E-state index contributed by atoms with van der Waals surface area (Å²) in [6, 6.07) is 9.39. The minimum atomic E-state index is -0.561. The van der Waals surface area contributed by atoms with Gasteiger partial charge in [-0.1, -0.05) is 12.1 Å². The molecule has 1 N–H and O–H groups in total. The highest BCUT2D eigenvalue weighted by Crippen LogP contribution is 2.14. The van der Waals surface area contributed by atoms with Gasteiger partial charge < -0.3 is 5.32 Å². The van der Waals surface area contributed by atoms with Crippen LogP contribution in [-0.2, 0) is 11.2 Å². The Balaban J connectivity index is 1.75. The van der Waals surface area contributed by atoms with Crippen molar-refractivity contribution in [3.63, 3.8) is 0 Å². The fourth-order valence-corrected chi connectivity index (χ4v) is 2.09. The third-order valence-electron chi connectivity index (χ3n) is 3.20. The van der Waals surface area contributed by atoms with Crippen molar-refractivity contribution in [2.24, 2.45) is 0 Å². The van der Waals surface area contributed by atoms with Crippen molar-refractivity contribution < 1.29 is 4.79 Å². The Morgan fingerprint density at radius 1 is 1.32 bits per heavy atom. The smallest absolute Gasteiger partial charge is 0.254 e. The van der Waals surface area contributed by atoms with Gasteiger partial charge >= 0.3 is 0 Å². The van der Waals surface area contributed by atoms with Crippen LogP contribution in [0, 0.1) is 0 Å². The number of nitrogens with zero attached hydrogens (tertiary/aromatic N) is 4. The van der Waals surface area contributed by atoms with Crippen LogP contribution in [0.4, 0.5) is 5.69 Å². The molecule has 0 saturated carbocycles. The van der Waals surface area contributed by atoms with Crippen molar-refractivity contribution in [2.45, 2.75) is 18.7 Å². The number of nitrogens with one attached hydrogen (secondary N) is 1. The second-order valence-electron chi connectivity index (χ2n) is 4.88. The van der Waals surface area contributed by atoms with Gasteiger partial charge in [0.15, 0.2) is 0 Å². The number of carbonyl (C=O) groups is 1. The molecule has 6 nitrogen and oxygen atoms in total. The van der Waals surface area contributed by atoms with E-state index in [2.05, 4.69) is 20.5 Å². The van der Waals surface area contributed by atoms with Gasteiger partial charge in [-0.25, -0.2) is 4.98 Å². The summed E-state index contributed by atoms with van der Waals surface area (Å²) >= 11 is 5.72. The summed E-state index contributed by atoms with van der Waals surface area (Å²) in [6.45, 7) is 1.63. The Morgan fingerprint density at radius 3 is 2.82 bits per heavy atom. The molecule has 0 fully saturated rings. The lowest BCUT2D eigenvalue weighted by molar-refractivity contribution is -0.115. The van der Waals surface area contributed by atoms with Crippen molar-refractivity contribution in [2.75, 3.05) is 5.32 Å². The van der Waals surface area contributed by atoms with E-state index in [1.165, 1.54) is 0 Å². The molecule has 3 rings (SSSR count). The summed E-state index contributed by atoms with van der Waals surface area (Å²) in [6.07, 6.45) is 4.20. The van der Waals surface area contributed by atoms with E-state index in [0.29, 0.717) is 17.9 Å². The second-order valence-corrected chi connectivity index (χ2v) is 5.54. The van der Waals surface area contributed by atoms with Crippen LogP contribution >= 0.6 is 11.6 Å². The van der Waals surface area contributed by atoms with Crippen molar-refractivity contribution in [3.8, 4) is 0 Å². The molecule has 2 aromatic heterocycles. The minimum absolute atomic E-state index is 0.219. The molecule has 0 spiro atoms. The largest absolute Gasteiger partial charge is 0.325 e. The third kappa shape index (κ3) is 3.07. The molecule has 7 heteroatoms. The zero-order valence-electron chi connectivity index (χ0n) is 11.9. The molecule has 0 aliphatic heterocycles. The number of fused-ring (bicyclic) bond motifs is 1. The van der Waals surface area contributed by atoms with Crippen LogP contribution in [-0.4, -0.2) is 30.9 Å². The predicted octanol–water partition coefficient (Wildman–Crippen LogP) is 2.28. The maximum atomic E-state index is 11.5. The van der Waals surface area contributed by atoms with Gasteiger partial charge in [-0.05, 0) is 30.7 Å². The van der Waals surface area contributed by atoms with Gasteiger partial charge in [-0.15, -0.1) is 21.8 Å². The van der Waals surface area contributed by atoms with E-state index in [1.807, 2.05) is 40.9 Å². The second kappa shape index (κ2) is 6.11. The monoisotopic (exact) mass is 315 g/mol. The lowest BCUT2D eigenvalue weighted by Gasteiger charge is -2.07. The first-order valence-corrected chi connectivity index (χ1v) is 7.25. The average molecular weight is 316 g/mol. The van der Waals surface area contributed by atoms with E-state index in [9.17, 15) is 4.79 Å². The van der Waals surface area contributed by atoms with Crippen molar-refractivity contribution in [1.29, 1.82) is 0 Å². The Bertz CT molecular complexity index is 797. The summed E-state index contributed by atoms with van der Waals surface area (Å²) in [5.74, 6) is 1.18. The van der Waals surface area contributed by atoms with Gasteiger partial charge in [-0.2, -0.15) is 0 Å². The van der Waals surface area contributed by atoms with Crippen LogP contribution in [0.5, 0.6) is 0 Å². The lowest BCUT2D eigenvalue weighted by Crippen LogP contribution is -2.20. The Morgan fingerprint density at radius 2 is 2.09 bits per heavy atom. The predicted molar refractivity (Wildman–Crippen MR) is 84.0 cm³/mol. The summed E-state index contributed by atoms with van der Waals surface area (Å²) in [7, 11) is 0. The lowest BCUT2D eigenvalue weighted by atomic mass is 10.1. The van der Waals surface area contributed by atoms with Crippen molar-refractivity contribution in [1.82, 2.24) is 19.6 Å². The first-order chi connectivity index (χ1) is 10.6. The zero-order valence-corrected chi connectivity index (χ0v) is 12.7. The van der Waals surface area contributed by atoms with E-state index in [4.69, 9.17) is 11.6 Å². The average Bonchev–Trinajstić information content (AvgIpc) is 2.92. The number of anilines is 1. The molecule has 0 radical (unpaired) electrons. The minimum Gasteiger partial charge on any atom is -0.325 e. The Hall–Kier alpha value is -2.47. The van der Waals surface area contributed by atoms with Crippen LogP contribution in [0.15, 0.2) is 42.7 Å². The molecule has 0 bridgehead atoms.